The fourth-order valence-corrected chi connectivity index (χ4v) is 1.90. The predicted octanol–water partition coefficient (Wildman–Crippen LogP) is 4.70. The van der Waals surface area contributed by atoms with Gasteiger partial charge in [-0.15, -0.1) is 0 Å². The van der Waals surface area contributed by atoms with Gasteiger partial charge in [-0.2, -0.15) is 13.2 Å². The Hall–Kier alpha value is -1.10. The average Bonchev–Trinajstić information content (AvgIpc) is 2.26. The van der Waals surface area contributed by atoms with Crippen molar-refractivity contribution in [3.05, 3.63) is 35.1 Å². The highest BCUT2D eigenvalue weighted by atomic mass is 19.4. The third kappa shape index (κ3) is 4.49. The SMILES string of the molecule is CC(C)CCCC(O)c1cccc(C(F)(F)F)c1F. The number of benzene rings is 1. The van der Waals surface area contributed by atoms with Crippen molar-refractivity contribution in [3.63, 3.8) is 0 Å². The molecule has 0 heterocycles. The van der Waals surface area contributed by atoms with Crippen LogP contribution in [0.5, 0.6) is 0 Å². The summed E-state index contributed by atoms with van der Waals surface area (Å²) in [6, 6.07) is 3.00. The highest BCUT2D eigenvalue weighted by Gasteiger charge is 2.35. The van der Waals surface area contributed by atoms with Gasteiger partial charge in [0, 0.05) is 5.56 Å². The zero-order valence-corrected chi connectivity index (χ0v) is 11.0. The molecule has 0 radical (unpaired) electrons. The third-order valence-electron chi connectivity index (χ3n) is 2.95. The molecule has 0 spiro atoms. The van der Waals surface area contributed by atoms with E-state index in [2.05, 4.69) is 0 Å². The Balaban J connectivity index is 2.83. The van der Waals surface area contributed by atoms with Gasteiger partial charge in [0.05, 0.1) is 11.7 Å². The van der Waals surface area contributed by atoms with E-state index in [1.54, 1.807) is 0 Å². The standard InChI is InChI=1S/C14H18F4O/c1-9(2)5-3-8-12(19)10-6-4-7-11(13(10)15)14(16,17)18/h4,6-7,9,12,19H,3,5,8H2,1-2H3. The molecule has 0 aliphatic rings. The minimum absolute atomic E-state index is 0.260. The van der Waals surface area contributed by atoms with E-state index in [1.807, 2.05) is 13.8 Å². The van der Waals surface area contributed by atoms with Crippen LogP contribution in [0.2, 0.25) is 0 Å². The van der Waals surface area contributed by atoms with Gasteiger partial charge in [-0.05, 0) is 18.4 Å². The monoisotopic (exact) mass is 278 g/mol. The van der Waals surface area contributed by atoms with E-state index in [-0.39, 0.29) is 12.0 Å². The molecule has 0 saturated heterocycles. The molecule has 5 heteroatoms. The summed E-state index contributed by atoms with van der Waals surface area (Å²) in [5.74, 6) is -0.925. The zero-order valence-electron chi connectivity index (χ0n) is 11.0. The van der Waals surface area contributed by atoms with Crippen molar-refractivity contribution in [1.29, 1.82) is 0 Å². The second kappa shape index (κ2) is 6.37. The van der Waals surface area contributed by atoms with Crippen LogP contribution in [0.1, 0.15) is 50.3 Å². The molecule has 0 aliphatic heterocycles. The van der Waals surface area contributed by atoms with Crippen LogP contribution >= 0.6 is 0 Å². The Morgan fingerprint density at radius 3 is 2.32 bits per heavy atom. The van der Waals surface area contributed by atoms with Gasteiger partial charge < -0.3 is 5.11 Å². The highest BCUT2D eigenvalue weighted by molar-refractivity contribution is 5.29. The predicted molar refractivity (Wildman–Crippen MR) is 65.1 cm³/mol. The molecule has 0 bridgehead atoms. The lowest BCUT2D eigenvalue weighted by atomic mass is 9.98. The molecule has 1 nitrogen and oxygen atoms in total. The van der Waals surface area contributed by atoms with Crippen molar-refractivity contribution in [2.75, 3.05) is 0 Å². The molecule has 0 amide bonds. The molecule has 0 aliphatic carbocycles. The van der Waals surface area contributed by atoms with Gasteiger partial charge in [-0.25, -0.2) is 4.39 Å². The quantitative estimate of drug-likeness (QED) is 0.774. The van der Waals surface area contributed by atoms with Crippen molar-refractivity contribution < 1.29 is 22.7 Å². The number of aliphatic hydroxyl groups excluding tert-OH is 1. The molecular formula is C14H18F4O. The number of rotatable bonds is 5. The lowest BCUT2D eigenvalue weighted by molar-refractivity contribution is -0.140. The second-order valence-electron chi connectivity index (χ2n) is 5.05. The average molecular weight is 278 g/mol. The molecule has 108 valence electrons. The minimum atomic E-state index is -4.74. The highest BCUT2D eigenvalue weighted by Crippen LogP contribution is 2.34. The van der Waals surface area contributed by atoms with E-state index in [4.69, 9.17) is 0 Å². The van der Waals surface area contributed by atoms with Crippen molar-refractivity contribution in [2.45, 2.75) is 45.4 Å². The first-order chi connectivity index (χ1) is 8.73. The molecule has 1 rings (SSSR count). The Morgan fingerprint density at radius 2 is 1.79 bits per heavy atom. The molecule has 1 N–H and O–H groups in total. The Morgan fingerprint density at radius 1 is 1.16 bits per heavy atom. The van der Waals surface area contributed by atoms with Gasteiger partial charge in [0.2, 0.25) is 0 Å². The summed E-state index contributed by atoms with van der Waals surface area (Å²) in [4.78, 5) is 0. The maximum atomic E-state index is 13.7. The van der Waals surface area contributed by atoms with Gasteiger partial charge in [-0.3, -0.25) is 0 Å². The van der Waals surface area contributed by atoms with Gasteiger partial charge in [0.1, 0.15) is 5.82 Å². The summed E-state index contributed by atoms with van der Waals surface area (Å²) in [6.07, 6.45) is -4.18. The normalized spacial score (nSPS) is 13.9. The molecule has 19 heavy (non-hydrogen) atoms. The van der Waals surface area contributed by atoms with Crippen LogP contribution in [0.25, 0.3) is 0 Å². The first kappa shape index (κ1) is 16.0. The van der Waals surface area contributed by atoms with E-state index in [1.165, 1.54) is 6.07 Å². The Bertz CT molecular complexity index is 412. The molecule has 1 unspecified atom stereocenters. The number of aliphatic hydroxyl groups is 1. The van der Waals surface area contributed by atoms with Gasteiger partial charge in [0.25, 0.3) is 0 Å². The lowest BCUT2D eigenvalue weighted by Crippen LogP contribution is -2.11. The fraction of sp³-hybridized carbons (Fsp3) is 0.571. The van der Waals surface area contributed by atoms with Crippen molar-refractivity contribution in [3.8, 4) is 0 Å². The molecule has 0 saturated carbocycles. The number of hydrogen-bond acceptors (Lipinski definition) is 1. The first-order valence-corrected chi connectivity index (χ1v) is 6.27. The van der Waals surface area contributed by atoms with E-state index in [9.17, 15) is 22.7 Å². The molecule has 1 aromatic rings. The molecule has 0 aromatic heterocycles. The summed E-state index contributed by atoms with van der Waals surface area (Å²) in [6.45, 7) is 4.02. The van der Waals surface area contributed by atoms with Gasteiger partial charge >= 0.3 is 6.18 Å². The summed E-state index contributed by atoms with van der Waals surface area (Å²) in [5.41, 5.74) is -1.61. The van der Waals surface area contributed by atoms with Crippen molar-refractivity contribution in [2.24, 2.45) is 5.92 Å². The van der Waals surface area contributed by atoms with Crippen LogP contribution in [0.4, 0.5) is 17.6 Å². The Labute approximate surface area is 110 Å². The second-order valence-corrected chi connectivity index (χ2v) is 5.05. The zero-order chi connectivity index (χ0) is 14.6. The number of alkyl halides is 3. The van der Waals surface area contributed by atoms with Gasteiger partial charge in [-0.1, -0.05) is 38.8 Å². The van der Waals surface area contributed by atoms with E-state index in [0.717, 1.165) is 12.5 Å². The van der Waals surface area contributed by atoms with Crippen LogP contribution in [-0.2, 0) is 6.18 Å². The molecule has 0 fully saturated rings. The van der Waals surface area contributed by atoms with Gasteiger partial charge in [0.15, 0.2) is 0 Å². The smallest absolute Gasteiger partial charge is 0.388 e. The van der Waals surface area contributed by atoms with Crippen molar-refractivity contribution >= 4 is 0 Å². The summed E-state index contributed by atoms with van der Waals surface area (Å²) in [7, 11) is 0. The molecular weight excluding hydrogens is 260 g/mol. The van der Waals surface area contributed by atoms with Crippen molar-refractivity contribution in [1.82, 2.24) is 0 Å². The van der Waals surface area contributed by atoms with E-state index in [0.29, 0.717) is 18.4 Å². The van der Waals surface area contributed by atoms with Crippen LogP contribution < -0.4 is 0 Å². The summed E-state index contributed by atoms with van der Waals surface area (Å²) >= 11 is 0. The third-order valence-corrected chi connectivity index (χ3v) is 2.95. The summed E-state index contributed by atoms with van der Waals surface area (Å²) in [5, 5.41) is 9.80. The molecule has 1 aromatic carbocycles. The number of hydrogen-bond donors (Lipinski definition) is 1. The Kier molecular flexibility index (Phi) is 5.35. The first-order valence-electron chi connectivity index (χ1n) is 6.27. The lowest BCUT2D eigenvalue weighted by Gasteiger charge is -2.16. The van der Waals surface area contributed by atoms with E-state index >= 15 is 0 Å². The number of halogens is 4. The summed E-state index contributed by atoms with van der Waals surface area (Å²) < 4.78 is 51.3. The minimum Gasteiger partial charge on any atom is -0.388 e. The maximum absolute atomic E-state index is 13.7. The molecule has 1 atom stereocenters. The van der Waals surface area contributed by atoms with Crippen LogP contribution in [0.3, 0.4) is 0 Å². The van der Waals surface area contributed by atoms with Crippen LogP contribution in [0.15, 0.2) is 18.2 Å². The largest absolute Gasteiger partial charge is 0.419 e. The van der Waals surface area contributed by atoms with Crippen LogP contribution in [0, 0.1) is 11.7 Å². The van der Waals surface area contributed by atoms with E-state index < -0.39 is 23.7 Å². The fourth-order valence-electron chi connectivity index (χ4n) is 1.90. The maximum Gasteiger partial charge on any atom is 0.419 e. The van der Waals surface area contributed by atoms with Crippen LogP contribution in [-0.4, -0.2) is 5.11 Å². The topological polar surface area (TPSA) is 20.2 Å².